The zero-order valence-corrected chi connectivity index (χ0v) is 14.5. The first kappa shape index (κ1) is 17.4. The maximum atomic E-state index is 12.8. The van der Waals surface area contributed by atoms with Crippen molar-refractivity contribution < 1.29 is 9.59 Å². The molecule has 4 nitrogen and oxygen atoms in total. The Hall–Kier alpha value is -3.40. The molecule has 3 aromatic carbocycles. The molecule has 2 amide bonds. The number of amides is 2. The minimum absolute atomic E-state index is 0.172. The molecule has 0 aliphatic carbocycles. The van der Waals surface area contributed by atoms with E-state index in [1.54, 1.807) is 24.3 Å². The lowest BCUT2D eigenvalue weighted by Gasteiger charge is -2.20. The highest BCUT2D eigenvalue weighted by atomic mass is 16.2. The van der Waals surface area contributed by atoms with Crippen molar-refractivity contribution in [1.29, 1.82) is 0 Å². The second-order valence-electron chi connectivity index (χ2n) is 5.99. The summed E-state index contributed by atoms with van der Waals surface area (Å²) < 4.78 is 0. The summed E-state index contributed by atoms with van der Waals surface area (Å²) in [5.74, 6) is -0.371. The van der Waals surface area contributed by atoms with E-state index in [9.17, 15) is 9.59 Å². The van der Waals surface area contributed by atoms with Gasteiger partial charge in [0.25, 0.3) is 5.91 Å². The van der Waals surface area contributed by atoms with Gasteiger partial charge in [0.2, 0.25) is 5.91 Å². The van der Waals surface area contributed by atoms with Crippen LogP contribution >= 0.6 is 0 Å². The Morgan fingerprint density at radius 3 is 1.88 bits per heavy atom. The van der Waals surface area contributed by atoms with Gasteiger partial charge in [-0.2, -0.15) is 0 Å². The number of benzene rings is 3. The van der Waals surface area contributed by atoms with Crippen molar-refractivity contribution in [2.75, 3.05) is 5.32 Å². The zero-order valence-electron chi connectivity index (χ0n) is 14.5. The van der Waals surface area contributed by atoms with Gasteiger partial charge in [-0.25, -0.2) is 0 Å². The monoisotopic (exact) mass is 344 g/mol. The molecule has 0 saturated carbocycles. The highest BCUT2D eigenvalue weighted by Gasteiger charge is 2.17. The quantitative estimate of drug-likeness (QED) is 0.730. The number of carbonyl (C=O) groups excluding carboxylic acids is 2. The molecule has 0 radical (unpaired) electrons. The molecule has 0 saturated heterocycles. The van der Waals surface area contributed by atoms with Gasteiger partial charge in [0.1, 0.15) is 0 Å². The number of rotatable bonds is 5. The molecule has 3 aromatic rings. The van der Waals surface area contributed by atoms with Gasteiger partial charge in [0.15, 0.2) is 0 Å². The molecule has 0 atom stereocenters. The largest absolute Gasteiger partial charge is 0.341 e. The summed E-state index contributed by atoms with van der Waals surface area (Å²) in [6, 6.07) is 26.3. The Morgan fingerprint density at radius 2 is 1.35 bits per heavy atom. The summed E-state index contributed by atoms with van der Waals surface area (Å²) in [6.45, 7) is 1.44. The summed E-state index contributed by atoms with van der Waals surface area (Å²) in [4.78, 5) is 24.0. The molecule has 0 spiro atoms. The predicted molar refractivity (Wildman–Crippen MR) is 103 cm³/mol. The van der Waals surface area contributed by atoms with Crippen LogP contribution in [0.1, 0.15) is 34.5 Å². The summed E-state index contributed by atoms with van der Waals surface area (Å²) in [6.07, 6.45) is 0. The number of nitrogens with one attached hydrogen (secondary N) is 2. The van der Waals surface area contributed by atoms with E-state index in [0.717, 1.165) is 11.1 Å². The second kappa shape index (κ2) is 8.12. The average molecular weight is 344 g/mol. The van der Waals surface area contributed by atoms with E-state index in [1.807, 2.05) is 60.7 Å². The van der Waals surface area contributed by atoms with Gasteiger partial charge in [-0.1, -0.05) is 66.7 Å². The third kappa shape index (κ3) is 4.36. The molecule has 4 heteroatoms. The first-order valence-corrected chi connectivity index (χ1v) is 8.42. The van der Waals surface area contributed by atoms with E-state index in [1.165, 1.54) is 6.92 Å². The van der Waals surface area contributed by atoms with Crippen LogP contribution in [-0.2, 0) is 4.79 Å². The Balaban J connectivity index is 1.88. The van der Waals surface area contributed by atoms with Crippen molar-refractivity contribution in [3.05, 3.63) is 102 Å². The first-order chi connectivity index (χ1) is 12.6. The van der Waals surface area contributed by atoms with E-state index in [0.29, 0.717) is 11.3 Å². The van der Waals surface area contributed by atoms with E-state index < -0.39 is 0 Å². The third-order valence-corrected chi connectivity index (χ3v) is 3.99. The maximum absolute atomic E-state index is 12.8. The van der Waals surface area contributed by atoms with E-state index in [2.05, 4.69) is 10.6 Å². The highest BCUT2D eigenvalue weighted by Crippen LogP contribution is 2.22. The lowest BCUT2D eigenvalue weighted by Crippen LogP contribution is -2.29. The molecule has 0 heterocycles. The first-order valence-electron chi connectivity index (χ1n) is 8.42. The van der Waals surface area contributed by atoms with Gasteiger partial charge in [-0.15, -0.1) is 0 Å². The summed E-state index contributed by atoms with van der Waals surface area (Å²) >= 11 is 0. The Kier molecular flexibility index (Phi) is 5.44. The molecule has 26 heavy (non-hydrogen) atoms. The van der Waals surface area contributed by atoms with Crippen LogP contribution in [0.5, 0.6) is 0 Å². The summed E-state index contributed by atoms with van der Waals surface area (Å²) in [5, 5.41) is 5.79. The average Bonchev–Trinajstić information content (AvgIpc) is 2.67. The van der Waals surface area contributed by atoms with Crippen LogP contribution in [0.2, 0.25) is 0 Å². The van der Waals surface area contributed by atoms with Crippen LogP contribution < -0.4 is 10.6 Å². The van der Waals surface area contributed by atoms with Gasteiger partial charge in [0.05, 0.1) is 6.04 Å². The minimum atomic E-state index is -0.255. The minimum Gasteiger partial charge on any atom is -0.341 e. The Morgan fingerprint density at radius 1 is 0.769 bits per heavy atom. The molecule has 0 bridgehead atoms. The van der Waals surface area contributed by atoms with Crippen LogP contribution in [0.25, 0.3) is 0 Å². The normalized spacial score (nSPS) is 10.4. The second-order valence-corrected chi connectivity index (χ2v) is 5.99. The topological polar surface area (TPSA) is 58.2 Å². The molecular weight excluding hydrogens is 324 g/mol. The van der Waals surface area contributed by atoms with Crippen LogP contribution in [-0.4, -0.2) is 11.8 Å². The molecule has 0 aromatic heterocycles. The van der Waals surface area contributed by atoms with E-state index >= 15 is 0 Å². The van der Waals surface area contributed by atoms with Crippen LogP contribution in [0.15, 0.2) is 84.9 Å². The molecule has 0 aliphatic heterocycles. The lowest BCUT2D eigenvalue weighted by atomic mass is 9.98. The highest BCUT2D eigenvalue weighted by molar-refractivity contribution is 5.97. The number of hydrogen-bond donors (Lipinski definition) is 2. The molecule has 0 unspecified atom stereocenters. The van der Waals surface area contributed by atoms with Gasteiger partial charge >= 0.3 is 0 Å². The van der Waals surface area contributed by atoms with Gasteiger partial charge in [-0.3, -0.25) is 9.59 Å². The molecule has 2 N–H and O–H groups in total. The molecule has 130 valence electrons. The maximum Gasteiger partial charge on any atom is 0.252 e. The van der Waals surface area contributed by atoms with Crippen molar-refractivity contribution in [2.24, 2.45) is 0 Å². The van der Waals surface area contributed by atoms with Gasteiger partial charge in [0, 0.05) is 18.2 Å². The molecule has 3 rings (SSSR count). The van der Waals surface area contributed by atoms with Crippen molar-refractivity contribution in [2.45, 2.75) is 13.0 Å². The molecule has 0 fully saturated rings. The fourth-order valence-corrected chi connectivity index (χ4v) is 2.81. The van der Waals surface area contributed by atoms with Gasteiger partial charge in [-0.05, 0) is 29.3 Å². The smallest absolute Gasteiger partial charge is 0.252 e. The van der Waals surface area contributed by atoms with Gasteiger partial charge < -0.3 is 10.6 Å². The van der Waals surface area contributed by atoms with Crippen LogP contribution in [0, 0.1) is 0 Å². The summed E-state index contributed by atoms with van der Waals surface area (Å²) in [5.41, 5.74) is 3.10. The van der Waals surface area contributed by atoms with Crippen molar-refractivity contribution >= 4 is 17.5 Å². The van der Waals surface area contributed by atoms with E-state index in [4.69, 9.17) is 0 Å². The molecular formula is C22H20N2O2. The Bertz CT molecular complexity index is 853. The zero-order chi connectivity index (χ0) is 18.4. The van der Waals surface area contributed by atoms with Crippen molar-refractivity contribution in [3.63, 3.8) is 0 Å². The summed E-state index contributed by atoms with van der Waals surface area (Å²) in [7, 11) is 0. The van der Waals surface area contributed by atoms with Crippen molar-refractivity contribution in [3.8, 4) is 0 Å². The fourth-order valence-electron chi connectivity index (χ4n) is 2.81. The fraction of sp³-hybridized carbons (Fsp3) is 0.0909. The lowest BCUT2D eigenvalue weighted by molar-refractivity contribution is -0.114. The Labute approximate surface area is 152 Å². The number of hydrogen-bond acceptors (Lipinski definition) is 2. The van der Waals surface area contributed by atoms with Crippen LogP contribution in [0.3, 0.4) is 0 Å². The number of carbonyl (C=O) groups is 2. The van der Waals surface area contributed by atoms with Crippen LogP contribution in [0.4, 0.5) is 5.69 Å². The standard InChI is InChI=1S/C22H20N2O2/c1-16(25)23-20-14-8-13-19(15-20)22(26)24-21(17-9-4-2-5-10-17)18-11-6-3-7-12-18/h2-15,21H,1H3,(H,23,25)(H,24,26). The van der Waals surface area contributed by atoms with E-state index in [-0.39, 0.29) is 17.9 Å². The third-order valence-electron chi connectivity index (χ3n) is 3.99. The SMILES string of the molecule is CC(=O)Nc1cccc(C(=O)NC(c2ccccc2)c2ccccc2)c1. The molecule has 0 aliphatic rings. The van der Waals surface area contributed by atoms with Crippen molar-refractivity contribution in [1.82, 2.24) is 5.32 Å². The predicted octanol–water partition coefficient (Wildman–Crippen LogP) is 4.16. The number of anilines is 1.